The summed E-state index contributed by atoms with van der Waals surface area (Å²) in [7, 11) is 0. The Morgan fingerprint density at radius 2 is 1.42 bits per heavy atom. The average Bonchev–Trinajstić information content (AvgIpc) is 4.01. The molecule has 7 nitrogen and oxygen atoms in total. The molecule has 1 radical (unpaired) electrons. The number of benzene rings is 6. The Bertz CT molecular complexity index is 3600. The number of imidazole rings is 1. The van der Waals surface area contributed by atoms with E-state index in [0.717, 1.165) is 55.7 Å². The average molecular weight is 1030 g/mol. The molecule has 11 aromatic rings. The van der Waals surface area contributed by atoms with Crippen molar-refractivity contribution in [3.63, 3.8) is 0 Å². The fourth-order valence-corrected chi connectivity index (χ4v) is 8.51. The van der Waals surface area contributed by atoms with Crippen molar-refractivity contribution in [2.24, 2.45) is 0 Å². The first-order valence-electron chi connectivity index (χ1n) is 23.3. The number of para-hydroxylation sites is 3. The smallest absolute Gasteiger partial charge is 0.228 e. The molecular weight excluding hydrogens is 979 g/mol. The number of pyridine rings is 1. The van der Waals surface area contributed by atoms with E-state index < -0.39 is 6.85 Å². The van der Waals surface area contributed by atoms with Gasteiger partial charge in [0.05, 0.1) is 33.7 Å². The molecular formula is C57H49IrN5O2-2. The number of aromatic nitrogens is 5. The maximum atomic E-state index is 8.50. The summed E-state index contributed by atoms with van der Waals surface area (Å²) < 4.78 is 40.5. The zero-order valence-electron chi connectivity index (χ0n) is 40.3. The Morgan fingerprint density at radius 1 is 0.692 bits per heavy atom. The van der Waals surface area contributed by atoms with Crippen molar-refractivity contribution >= 4 is 55.2 Å². The van der Waals surface area contributed by atoms with Crippen molar-refractivity contribution in [1.82, 2.24) is 24.5 Å². The fraction of sp³-hybridized carbons (Fsp3) is 0.193. The second-order valence-corrected chi connectivity index (χ2v) is 17.9. The van der Waals surface area contributed by atoms with Crippen molar-refractivity contribution < 1.29 is 33.1 Å². The van der Waals surface area contributed by atoms with E-state index in [0.29, 0.717) is 44.8 Å². The third-order valence-electron chi connectivity index (χ3n) is 11.8. The molecule has 0 spiro atoms. The van der Waals surface area contributed by atoms with Crippen LogP contribution in [0.15, 0.2) is 148 Å². The molecule has 6 aromatic carbocycles. The minimum Gasteiger partial charge on any atom is -0.499 e. The number of aryl methyl sites for hydroxylation is 1. The minimum absolute atomic E-state index is 0. The summed E-state index contributed by atoms with van der Waals surface area (Å²) in [4.78, 5) is 19.0. The molecule has 65 heavy (non-hydrogen) atoms. The van der Waals surface area contributed by atoms with Crippen LogP contribution in [0.1, 0.15) is 86.8 Å². The third-order valence-corrected chi connectivity index (χ3v) is 11.8. The summed E-state index contributed by atoms with van der Waals surface area (Å²) >= 11 is 0. The minimum atomic E-state index is -2.45. The standard InChI is InChI=1S/C43H34N3O2.C14H15N2.Ir/c1-24(2)31-21-28(27-13-7-6-8-14-27)22-32(25(3)4)40(31)46-35-17-11-10-16-34(35)44-42(46)30-20-19-26(5)38-39-37(47-41(30)38)23-33-29-15-9-12-18-36(29)48-43(33)45-39;1-14(2,3)12-9-10-15-13(16-12)11-7-5-4-6-8-11;/h6-19,21-25H,1-5H3;4-7,9-10H,1-3H3;/q2*-1;/i5D3;;. The Morgan fingerprint density at radius 3 is 2.14 bits per heavy atom. The van der Waals surface area contributed by atoms with Gasteiger partial charge in [0, 0.05) is 52.6 Å². The van der Waals surface area contributed by atoms with Crippen LogP contribution in [0.4, 0.5) is 0 Å². The molecule has 0 saturated heterocycles. The zero-order valence-corrected chi connectivity index (χ0v) is 39.7. The monoisotopic (exact) mass is 1030 g/mol. The van der Waals surface area contributed by atoms with Crippen LogP contribution in [0.25, 0.3) is 94.8 Å². The van der Waals surface area contributed by atoms with Gasteiger partial charge in [0.25, 0.3) is 0 Å². The van der Waals surface area contributed by atoms with Gasteiger partial charge >= 0.3 is 0 Å². The Labute approximate surface area is 397 Å². The van der Waals surface area contributed by atoms with Crippen LogP contribution in [0, 0.1) is 19.0 Å². The van der Waals surface area contributed by atoms with E-state index in [9.17, 15) is 0 Å². The van der Waals surface area contributed by atoms with E-state index in [-0.39, 0.29) is 42.9 Å². The molecule has 0 amide bonds. The van der Waals surface area contributed by atoms with Crippen LogP contribution in [0.3, 0.4) is 0 Å². The van der Waals surface area contributed by atoms with Gasteiger partial charge < -0.3 is 13.4 Å². The summed E-state index contributed by atoms with van der Waals surface area (Å²) in [5.74, 6) is 1.71. The summed E-state index contributed by atoms with van der Waals surface area (Å²) in [5.41, 5.74) is 12.6. The largest absolute Gasteiger partial charge is 0.499 e. The molecule has 5 aromatic heterocycles. The van der Waals surface area contributed by atoms with Crippen LogP contribution < -0.4 is 0 Å². The number of hydrogen-bond acceptors (Lipinski definition) is 6. The van der Waals surface area contributed by atoms with Gasteiger partial charge in [0.1, 0.15) is 16.7 Å². The maximum absolute atomic E-state index is 8.50. The van der Waals surface area contributed by atoms with Crippen molar-refractivity contribution in [3.05, 3.63) is 174 Å². The predicted molar refractivity (Wildman–Crippen MR) is 261 cm³/mol. The van der Waals surface area contributed by atoms with Crippen LogP contribution in [0.2, 0.25) is 0 Å². The van der Waals surface area contributed by atoms with Gasteiger partial charge in [0.2, 0.25) is 5.71 Å². The van der Waals surface area contributed by atoms with Crippen molar-refractivity contribution in [1.29, 1.82) is 0 Å². The molecule has 0 fully saturated rings. The quantitative estimate of drug-likeness (QED) is 0.154. The summed E-state index contributed by atoms with van der Waals surface area (Å²) in [6.07, 6.45) is 1.81. The maximum Gasteiger partial charge on any atom is 0.228 e. The fourth-order valence-electron chi connectivity index (χ4n) is 8.51. The topological polar surface area (TPSA) is 82.8 Å². The Hall–Kier alpha value is -6.73. The molecule has 325 valence electrons. The molecule has 0 unspecified atom stereocenters. The predicted octanol–water partition coefficient (Wildman–Crippen LogP) is 15.1. The van der Waals surface area contributed by atoms with Crippen molar-refractivity contribution in [2.75, 3.05) is 0 Å². The molecule has 5 heterocycles. The first-order valence-corrected chi connectivity index (χ1v) is 21.8. The summed E-state index contributed by atoms with van der Waals surface area (Å²) in [6.45, 7) is 12.9. The van der Waals surface area contributed by atoms with Crippen molar-refractivity contribution in [2.45, 2.75) is 72.6 Å². The number of hydrogen-bond donors (Lipinski definition) is 0. The molecule has 8 heteroatoms. The SMILES string of the molecule is CC(C)(C)c1ccnc(-c2[c-]cccc2)n1.[2H]C([2H])([2H])c1c[c-]c(-c2nc3ccccc3n2-c2c(C(C)C)cc(-c3ccccc3)cc2C(C)C)c2oc3cc4c(nc3c12)oc1ccccc14.[Ir]. The van der Waals surface area contributed by atoms with Gasteiger partial charge in [-0.3, -0.25) is 15.0 Å². The molecule has 0 atom stereocenters. The number of fused-ring (bicyclic) bond motifs is 7. The molecule has 11 rings (SSSR count). The van der Waals surface area contributed by atoms with E-state index in [1.165, 1.54) is 11.1 Å². The second-order valence-electron chi connectivity index (χ2n) is 17.9. The van der Waals surface area contributed by atoms with Gasteiger partial charge in [-0.1, -0.05) is 122 Å². The van der Waals surface area contributed by atoms with Crippen molar-refractivity contribution in [3.8, 4) is 39.6 Å². The normalized spacial score (nSPS) is 12.7. The Balaban J connectivity index is 0.000000289. The molecule has 0 aliphatic rings. The van der Waals surface area contributed by atoms with Crippen LogP contribution in [-0.2, 0) is 25.5 Å². The van der Waals surface area contributed by atoms with E-state index in [4.69, 9.17) is 22.9 Å². The van der Waals surface area contributed by atoms with Gasteiger partial charge in [-0.15, -0.1) is 53.6 Å². The molecule has 0 saturated carbocycles. The first kappa shape index (κ1) is 39.8. The van der Waals surface area contributed by atoms with E-state index in [2.05, 4.69) is 118 Å². The van der Waals surface area contributed by atoms with Gasteiger partial charge in [0.15, 0.2) is 0 Å². The molecule has 0 aliphatic carbocycles. The third kappa shape index (κ3) is 7.96. The number of nitrogens with zero attached hydrogens (tertiary/aromatic N) is 5. The van der Waals surface area contributed by atoms with E-state index >= 15 is 0 Å². The van der Waals surface area contributed by atoms with Crippen LogP contribution in [-0.4, -0.2) is 24.5 Å². The van der Waals surface area contributed by atoms with E-state index in [1.807, 2.05) is 91.1 Å². The van der Waals surface area contributed by atoms with Gasteiger partial charge in [-0.05, 0) is 81.9 Å². The zero-order chi connectivity index (χ0) is 46.8. The van der Waals surface area contributed by atoms with Crippen LogP contribution >= 0.6 is 0 Å². The summed E-state index contributed by atoms with van der Waals surface area (Å²) in [5, 5.41) is 2.12. The number of rotatable bonds is 6. The number of furan rings is 2. The van der Waals surface area contributed by atoms with E-state index in [1.54, 1.807) is 6.07 Å². The summed E-state index contributed by atoms with van der Waals surface area (Å²) in [6, 6.07) is 50.6. The molecule has 0 bridgehead atoms. The first-order chi connectivity index (χ1) is 32.2. The Kier molecular flexibility index (Phi) is 10.6. The molecule has 0 N–H and O–H groups in total. The molecule has 0 aliphatic heterocycles. The van der Waals surface area contributed by atoms with Crippen LogP contribution in [0.5, 0.6) is 0 Å². The van der Waals surface area contributed by atoms with Gasteiger partial charge in [-0.25, -0.2) is 4.98 Å². The van der Waals surface area contributed by atoms with Gasteiger partial charge in [-0.2, -0.15) is 0 Å². The second kappa shape index (κ2) is 17.3.